The lowest BCUT2D eigenvalue weighted by Gasteiger charge is -2.32. The molecular weight excluding hydrogens is 272 g/mol. The first-order chi connectivity index (χ1) is 9.92. The Morgan fingerprint density at radius 2 is 2.00 bits per heavy atom. The second-order valence-electron chi connectivity index (χ2n) is 4.99. The molecule has 0 saturated heterocycles. The minimum atomic E-state index is -0.701. The molecule has 0 heterocycles. The summed E-state index contributed by atoms with van der Waals surface area (Å²) >= 11 is 0. The zero-order valence-electron chi connectivity index (χ0n) is 13.0. The number of rotatable bonds is 9. The van der Waals surface area contributed by atoms with Crippen molar-refractivity contribution in [3.05, 3.63) is 0 Å². The molecule has 0 fully saturated rings. The Labute approximate surface area is 125 Å². The second-order valence-corrected chi connectivity index (χ2v) is 4.99. The van der Waals surface area contributed by atoms with Gasteiger partial charge in [-0.15, -0.1) is 0 Å². The van der Waals surface area contributed by atoms with Crippen molar-refractivity contribution in [1.82, 2.24) is 15.5 Å². The highest BCUT2D eigenvalue weighted by atomic mass is 16.2. The molecule has 0 aromatic heterocycles. The number of carbonyl (C=O) groups excluding carboxylic acids is 3. The number of nitrogens with zero attached hydrogens (tertiary/aromatic N) is 2. The minimum absolute atomic E-state index is 0.139. The molecule has 2 atom stereocenters. The smallest absolute Gasteiger partial charge is 0.243 e. The molecule has 118 valence electrons. The zero-order valence-corrected chi connectivity index (χ0v) is 13.0. The normalized spacial score (nSPS) is 13.0. The molecule has 0 rings (SSSR count). The van der Waals surface area contributed by atoms with Gasteiger partial charge in [0.1, 0.15) is 6.04 Å². The van der Waals surface area contributed by atoms with Crippen LogP contribution in [0.2, 0.25) is 0 Å². The van der Waals surface area contributed by atoms with Gasteiger partial charge >= 0.3 is 0 Å². The van der Waals surface area contributed by atoms with E-state index in [0.29, 0.717) is 12.8 Å². The van der Waals surface area contributed by atoms with Gasteiger partial charge in [0.2, 0.25) is 18.2 Å². The van der Waals surface area contributed by atoms with Crippen LogP contribution < -0.4 is 10.6 Å². The molecular formula is C14H24N4O3. The average molecular weight is 296 g/mol. The highest BCUT2D eigenvalue weighted by molar-refractivity contribution is 5.81. The van der Waals surface area contributed by atoms with Gasteiger partial charge in [0.05, 0.1) is 12.6 Å². The topological polar surface area (TPSA) is 102 Å². The fraction of sp³-hybridized carbons (Fsp3) is 0.714. The Morgan fingerprint density at radius 3 is 2.38 bits per heavy atom. The Hall–Kier alpha value is -2.10. The van der Waals surface area contributed by atoms with Crippen molar-refractivity contribution in [1.29, 1.82) is 5.26 Å². The highest BCUT2D eigenvalue weighted by Crippen LogP contribution is 2.17. The minimum Gasteiger partial charge on any atom is -0.359 e. The number of amides is 3. The Morgan fingerprint density at radius 1 is 1.38 bits per heavy atom. The molecule has 0 saturated carbocycles. The lowest BCUT2D eigenvalue weighted by molar-refractivity contribution is -0.135. The molecule has 0 aliphatic carbocycles. The molecule has 0 radical (unpaired) electrons. The maximum atomic E-state index is 12.1. The average Bonchev–Trinajstić information content (AvgIpc) is 2.47. The molecule has 0 aromatic carbocycles. The summed E-state index contributed by atoms with van der Waals surface area (Å²) in [6.45, 7) is 5.30. The van der Waals surface area contributed by atoms with Crippen molar-refractivity contribution in [2.24, 2.45) is 5.92 Å². The fourth-order valence-electron chi connectivity index (χ4n) is 2.20. The van der Waals surface area contributed by atoms with E-state index in [-0.39, 0.29) is 36.7 Å². The van der Waals surface area contributed by atoms with Crippen molar-refractivity contribution < 1.29 is 14.4 Å². The van der Waals surface area contributed by atoms with Crippen LogP contribution in [0.1, 0.15) is 33.6 Å². The summed E-state index contributed by atoms with van der Waals surface area (Å²) in [6, 6.07) is 1.20. The van der Waals surface area contributed by atoms with E-state index >= 15 is 0 Å². The summed E-state index contributed by atoms with van der Waals surface area (Å²) < 4.78 is 0. The Bertz CT molecular complexity index is 404. The first kappa shape index (κ1) is 18.9. The maximum Gasteiger partial charge on any atom is 0.243 e. The third kappa shape index (κ3) is 5.81. The van der Waals surface area contributed by atoms with E-state index in [1.54, 1.807) is 20.9 Å². The lowest BCUT2D eigenvalue weighted by Crippen LogP contribution is -2.49. The van der Waals surface area contributed by atoms with Crippen molar-refractivity contribution >= 4 is 18.2 Å². The van der Waals surface area contributed by atoms with E-state index in [4.69, 9.17) is 0 Å². The van der Waals surface area contributed by atoms with Crippen LogP contribution in [0.5, 0.6) is 0 Å². The van der Waals surface area contributed by atoms with Crippen molar-refractivity contribution in [2.75, 3.05) is 13.6 Å². The molecule has 0 spiro atoms. The SMILES string of the molecule is CC[C@@H](C[C@@H](C#N)N(C(=O)CNC=O)C(C)C)C(=O)NC. The largest absolute Gasteiger partial charge is 0.359 e. The third-order valence-corrected chi connectivity index (χ3v) is 3.28. The molecule has 0 aliphatic heterocycles. The van der Waals surface area contributed by atoms with Gasteiger partial charge in [0.15, 0.2) is 0 Å². The Kier molecular flexibility index (Phi) is 8.77. The standard InChI is InChI=1S/C14H24N4O3/c1-5-11(14(21)16-4)6-12(7-15)18(10(2)3)13(20)8-17-9-19/h9-12H,5-6,8H2,1-4H3,(H,16,21)(H,17,19)/t11-,12-/m0/s1. The van der Waals surface area contributed by atoms with Crippen LogP contribution >= 0.6 is 0 Å². The molecule has 0 unspecified atom stereocenters. The van der Waals surface area contributed by atoms with Crippen LogP contribution in [0.3, 0.4) is 0 Å². The van der Waals surface area contributed by atoms with E-state index in [9.17, 15) is 19.6 Å². The number of hydrogen-bond donors (Lipinski definition) is 2. The number of nitriles is 1. The fourth-order valence-corrected chi connectivity index (χ4v) is 2.20. The predicted molar refractivity (Wildman–Crippen MR) is 77.9 cm³/mol. The molecule has 0 aliphatic rings. The van der Waals surface area contributed by atoms with Gasteiger partial charge in [-0.3, -0.25) is 14.4 Å². The summed E-state index contributed by atoms with van der Waals surface area (Å²) in [5, 5.41) is 14.2. The van der Waals surface area contributed by atoms with Gasteiger partial charge in [0.25, 0.3) is 0 Å². The maximum absolute atomic E-state index is 12.1. The monoisotopic (exact) mass is 296 g/mol. The van der Waals surface area contributed by atoms with E-state index < -0.39 is 6.04 Å². The Balaban J connectivity index is 5.07. The van der Waals surface area contributed by atoms with Gasteiger partial charge in [-0.2, -0.15) is 5.26 Å². The number of hydrogen-bond acceptors (Lipinski definition) is 4. The van der Waals surface area contributed by atoms with Crippen molar-refractivity contribution in [2.45, 2.75) is 45.7 Å². The van der Waals surface area contributed by atoms with Crippen LogP contribution in [0.15, 0.2) is 0 Å². The van der Waals surface area contributed by atoms with Crippen LogP contribution in [0.25, 0.3) is 0 Å². The summed E-state index contributed by atoms with van der Waals surface area (Å²) in [5.41, 5.74) is 0. The summed E-state index contributed by atoms with van der Waals surface area (Å²) in [6.07, 6.45) is 1.30. The first-order valence-corrected chi connectivity index (χ1v) is 7.02. The van der Waals surface area contributed by atoms with Gasteiger partial charge in [0, 0.05) is 19.0 Å². The second kappa shape index (κ2) is 9.75. The number of nitrogens with one attached hydrogen (secondary N) is 2. The predicted octanol–water partition coefficient (Wildman–Crippen LogP) is 0.0239. The van der Waals surface area contributed by atoms with E-state index in [1.165, 1.54) is 4.90 Å². The molecule has 0 bridgehead atoms. The first-order valence-electron chi connectivity index (χ1n) is 7.02. The summed E-state index contributed by atoms with van der Waals surface area (Å²) in [7, 11) is 1.55. The van der Waals surface area contributed by atoms with Crippen LogP contribution in [0.4, 0.5) is 0 Å². The molecule has 7 nitrogen and oxygen atoms in total. The molecule has 0 aromatic rings. The van der Waals surface area contributed by atoms with Gasteiger partial charge in [-0.1, -0.05) is 6.92 Å². The van der Waals surface area contributed by atoms with Crippen molar-refractivity contribution in [3.8, 4) is 6.07 Å². The molecule has 7 heteroatoms. The lowest BCUT2D eigenvalue weighted by atomic mass is 9.95. The van der Waals surface area contributed by atoms with Gasteiger partial charge < -0.3 is 15.5 Å². The van der Waals surface area contributed by atoms with Crippen LogP contribution in [-0.2, 0) is 14.4 Å². The zero-order chi connectivity index (χ0) is 16.4. The quantitative estimate of drug-likeness (QED) is 0.586. The van der Waals surface area contributed by atoms with E-state index in [0.717, 1.165) is 0 Å². The third-order valence-electron chi connectivity index (χ3n) is 3.28. The molecule has 2 N–H and O–H groups in total. The van der Waals surface area contributed by atoms with Crippen LogP contribution in [0, 0.1) is 17.2 Å². The van der Waals surface area contributed by atoms with Crippen LogP contribution in [-0.4, -0.2) is 48.8 Å². The summed E-state index contributed by atoms with van der Waals surface area (Å²) in [5.74, 6) is -0.803. The van der Waals surface area contributed by atoms with E-state index in [1.807, 2.05) is 6.92 Å². The van der Waals surface area contributed by atoms with Crippen molar-refractivity contribution in [3.63, 3.8) is 0 Å². The summed E-state index contributed by atoms with van der Waals surface area (Å²) in [4.78, 5) is 35.6. The van der Waals surface area contributed by atoms with Gasteiger partial charge in [-0.25, -0.2) is 0 Å². The highest BCUT2D eigenvalue weighted by Gasteiger charge is 2.29. The van der Waals surface area contributed by atoms with Gasteiger partial charge in [-0.05, 0) is 26.7 Å². The number of carbonyl (C=O) groups is 3. The molecule has 3 amide bonds. The van der Waals surface area contributed by atoms with E-state index in [2.05, 4.69) is 16.7 Å². The molecule has 21 heavy (non-hydrogen) atoms.